The maximum absolute atomic E-state index is 12.0. The number of ketones is 1. The van der Waals surface area contributed by atoms with Gasteiger partial charge in [0.25, 0.3) is 0 Å². The smallest absolute Gasteiger partial charge is 0.162 e. The van der Waals surface area contributed by atoms with Gasteiger partial charge in [-0.05, 0) is 37.7 Å². The van der Waals surface area contributed by atoms with Crippen molar-refractivity contribution in [2.75, 3.05) is 6.54 Å². The van der Waals surface area contributed by atoms with Crippen molar-refractivity contribution in [3.8, 4) is 0 Å². The van der Waals surface area contributed by atoms with Crippen LogP contribution in [0.1, 0.15) is 45.4 Å². The Hall–Kier alpha value is -0.630. The first kappa shape index (κ1) is 11.4. The summed E-state index contributed by atoms with van der Waals surface area (Å²) in [6.45, 7) is 2.53. The Kier molecular flexibility index (Phi) is 4.88. The zero-order chi connectivity index (χ0) is 10.4. The maximum Gasteiger partial charge on any atom is 0.162 e. The molecule has 0 aromatic carbocycles. The second kappa shape index (κ2) is 5.97. The highest BCUT2D eigenvalue weighted by atomic mass is 16.1. The van der Waals surface area contributed by atoms with Gasteiger partial charge in [-0.2, -0.15) is 0 Å². The third-order valence-electron chi connectivity index (χ3n) is 3.01. The summed E-state index contributed by atoms with van der Waals surface area (Å²) >= 11 is 0. The molecule has 2 N–H and O–H groups in total. The van der Waals surface area contributed by atoms with Crippen LogP contribution in [-0.4, -0.2) is 12.3 Å². The van der Waals surface area contributed by atoms with E-state index in [2.05, 4.69) is 6.08 Å². The summed E-state index contributed by atoms with van der Waals surface area (Å²) in [5.41, 5.74) is 6.62. The van der Waals surface area contributed by atoms with Gasteiger partial charge in [0.2, 0.25) is 0 Å². The molecular weight excluding hydrogens is 174 g/mol. The number of rotatable bonds is 4. The van der Waals surface area contributed by atoms with Crippen LogP contribution in [0.4, 0.5) is 0 Å². The SMILES string of the molecule is CCC(CN)C(=O)C1=CCCCCC1. The highest BCUT2D eigenvalue weighted by molar-refractivity contribution is 5.97. The molecule has 0 heterocycles. The molecular formula is C12H21NO. The lowest BCUT2D eigenvalue weighted by molar-refractivity contribution is -0.119. The summed E-state index contributed by atoms with van der Waals surface area (Å²) in [6.07, 6.45) is 8.69. The lowest BCUT2D eigenvalue weighted by atomic mass is 9.93. The van der Waals surface area contributed by atoms with Gasteiger partial charge < -0.3 is 5.73 Å². The van der Waals surface area contributed by atoms with Crippen LogP contribution in [0.15, 0.2) is 11.6 Å². The Morgan fingerprint density at radius 2 is 2.29 bits per heavy atom. The molecule has 80 valence electrons. The van der Waals surface area contributed by atoms with E-state index >= 15 is 0 Å². The van der Waals surface area contributed by atoms with Crippen molar-refractivity contribution in [2.24, 2.45) is 11.7 Å². The molecule has 0 amide bonds. The topological polar surface area (TPSA) is 43.1 Å². The van der Waals surface area contributed by atoms with Crippen molar-refractivity contribution < 1.29 is 4.79 Å². The fourth-order valence-corrected chi connectivity index (χ4v) is 1.96. The van der Waals surface area contributed by atoms with Gasteiger partial charge in [-0.1, -0.05) is 19.4 Å². The van der Waals surface area contributed by atoms with Crippen LogP contribution >= 0.6 is 0 Å². The quantitative estimate of drug-likeness (QED) is 0.748. The number of Topliss-reactive ketones (excluding diaryl/α,β-unsaturated/α-hetero) is 1. The maximum atomic E-state index is 12.0. The highest BCUT2D eigenvalue weighted by Crippen LogP contribution is 2.21. The van der Waals surface area contributed by atoms with E-state index in [1.165, 1.54) is 19.3 Å². The van der Waals surface area contributed by atoms with Crippen LogP contribution in [0, 0.1) is 5.92 Å². The van der Waals surface area contributed by atoms with Crippen molar-refractivity contribution in [3.05, 3.63) is 11.6 Å². The minimum absolute atomic E-state index is 0.0550. The summed E-state index contributed by atoms with van der Waals surface area (Å²) in [5, 5.41) is 0. The molecule has 1 unspecified atom stereocenters. The molecule has 0 bridgehead atoms. The van der Waals surface area contributed by atoms with Crippen LogP contribution in [0.2, 0.25) is 0 Å². The Labute approximate surface area is 86.6 Å². The van der Waals surface area contributed by atoms with Gasteiger partial charge in [0, 0.05) is 12.5 Å². The molecule has 0 fully saturated rings. The van der Waals surface area contributed by atoms with Crippen LogP contribution in [0.5, 0.6) is 0 Å². The zero-order valence-corrected chi connectivity index (χ0v) is 9.09. The number of carbonyl (C=O) groups excluding carboxylic acids is 1. The third kappa shape index (κ3) is 2.95. The van der Waals surface area contributed by atoms with Gasteiger partial charge in [-0.3, -0.25) is 4.79 Å². The predicted molar refractivity (Wildman–Crippen MR) is 59.0 cm³/mol. The Bertz CT molecular complexity index is 216. The van der Waals surface area contributed by atoms with Crippen LogP contribution < -0.4 is 5.73 Å². The molecule has 0 radical (unpaired) electrons. The van der Waals surface area contributed by atoms with Gasteiger partial charge in [0.05, 0.1) is 0 Å². The Morgan fingerprint density at radius 1 is 1.50 bits per heavy atom. The van der Waals surface area contributed by atoms with Crippen LogP contribution in [-0.2, 0) is 4.79 Å². The van der Waals surface area contributed by atoms with E-state index in [9.17, 15) is 4.79 Å². The first-order valence-electron chi connectivity index (χ1n) is 5.73. The Morgan fingerprint density at radius 3 is 2.93 bits per heavy atom. The van der Waals surface area contributed by atoms with Gasteiger partial charge in [-0.25, -0.2) is 0 Å². The lowest BCUT2D eigenvalue weighted by Crippen LogP contribution is -2.24. The van der Waals surface area contributed by atoms with E-state index < -0.39 is 0 Å². The first-order valence-corrected chi connectivity index (χ1v) is 5.73. The molecule has 2 heteroatoms. The monoisotopic (exact) mass is 195 g/mol. The molecule has 0 aliphatic heterocycles. The lowest BCUT2D eigenvalue weighted by Gasteiger charge is -2.12. The van der Waals surface area contributed by atoms with Crippen molar-refractivity contribution in [1.82, 2.24) is 0 Å². The van der Waals surface area contributed by atoms with Gasteiger partial charge in [0.15, 0.2) is 5.78 Å². The molecule has 2 nitrogen and oxygen atoms in total. The molecule has 0 aromatic rings. The normalized spacial score (nSPS) is 19.7. The number of nitrogens with two attached hydrogens (primary N) is 1. The van der Waals surface area contributed by atoms with Crippen molar-refractivity contribution in [2.45, 2.75) is 45.4 Å². The van der Waals surface area contributed by atoms with Crippen molar-refractivity contribution in [3.63, 3.8) is 0 Å². The molecule has 0 aromatic heterocycles. The van der Waals surface area contributed by atoms with Crippen LogP contribution in [0.25, 0.3) is 0 Å². The molecule has 14 heavy (non-hydrogen) atoms. The number of carbonyl (C=O) groups is 1. The molecule has 0 spiro atoms. The minimum atomic E-state index is 0.0550. The fraction of sp³-hybridized carbons (Fsp3) is 0.750. The summed E-state index contributed by atoms with van der Waals surface area (Å²) in [5.74, 6) is 0.358. The van der Waals surface area contributed by atoms with E-state index in [4.69, 9.17) is 5.73 Å². The minimum Gasteiger partial charge on any atom is -0.330 e. The summed E-state index contributed by atoms with van der Waals surface area (Å²) < 4.78 is 0. The summed E-state index contributed by atoms with van der Waals surface area (Å²) in [4.78, 5) is 12.0. The molecule has 1 rings (SSSR count). The molecule has 0 saturated carbocycles. The average molecular weight is 195 g/mol. The van der Waals surface area contributed by atoms with Gasteiger partial charge >= 0.3 is 0 Å². The van der Waals surface area contributed by atoms with E-state index in [-0.39, 0.29) is 5.92 Å². The van der Waals surface area contributed by atoms with E-state index in [0.29, 0.717) is 12.3 Å². The second-order valence-electron chi connectivity index (χ2n) is 4.03. The summed E-state index contributed by atoms with van der Waals surface area (Å²) in [7, 11) is 0. The Balaban J connectivity index is 2.61. The van der Waals surface area contributed by atoms with Gasteiger partial charge in [0.1, 0.15) is 0 Å². The second-order valence-corrected chi connectivity index (χ2v) is 4.03. The number of hydrogen-bond acceptors (Lipinski definition) is 2. The third-order valence-corrected chi connectivity index (χ3v) is 3.01. The van der Waals surface area contributed by atoms with Crippen molar-refractivity contribution in [1.29, 1.82) is 0 Å². The highest BCUT2D eigenvalue weighted by Gasteiger charge is 2.19. The van der Waals surface area contributed by atoms with Crippen LogP contribution in [0.3, 0.4) is 0 Å². The largest absolute Gasteiger partial charge is 0.330 e. The summed E-state index contributed by atoms with van der Waals surface area (Å²) in [6, 6.07) is 0. The standard InChI is InChI=1S/C12H21NO/c1-2-10(9-13)12(14)11-7-5-3-4-6-8-11/h7,10H,2-6,8-9,13H2,1H3. The van der Waals surface area contributed by atoms with Gasteiger partial charge in [-0.15, -0.1) is 0 Å². The van der Waals surface area contributed by atoms with E-state index in [1.807, 2.05) is 6.92 Å². The zero-order valence-electron chi connectivity index (χ0n) is 9.09. The molecule has 1 aliphatic rings. The molecule has 1 atom stereocenters. The number of hydrogen-bond donors (Lipinski definition) is 1. The molecule has 0 saturated heterocycles. The fourth-order valence-electron chi connectivity index (χ4n) is 1.96. The number of allylic oxidation sites excluding steroid dienone is 2. The molecule has 1 aliphatic carbocycles. The van der Waals surface area contributed by atoms with E-state index in [0.717, 1.165) is 24.8 Å². The average Bonchev–Trinajstić information content (AvgIpc) is 2.47. The first-order chi connectivity index (χ1) is 6.79. The predicted octanol–water partition coefficient (Wildman–Crippen LogP) is 2.43. The van der Waals surface area contributed by atoms with E-state index in [1.54, 1.807) is 0 Å². The van der Waals surface area contributed by atoms with Crippen molar-refractivity contribution >= 4 is 5.78 Å².